The molecule has 0 spiro atoms. The molecule has 0 fully saturated rings. The predicted octanol–water partition coefficient (Wildman–Crippen LogP) is 1.75. The van der Waals surface area contributed by atoms with Crippen molar-refractivity contribution in [3.63, 3.8) is 0 Å². The Morgan fingerprint density at radius 3 is 2.74 bits per heavy atom. The third-order valence-corrected chi connectivity index (χ3v) is 3.31. The molecule has 2 aromatic rings. The van der Waals surface area contributed by atoms with Gasteiger partial charge in [-0.1, -0.05) is 35.5 Å². The van der Waals surface area contributed by atoms with Crippen LogP contribution in [0.3, 0.4) is 0 Å². The Morgan fingerprint density at radius 2 is 2.09 bits per heavy atom. The van der Waals surface area contributed by atoms with Crippen LogP contribution in [0.25, 0.3) is 0 Å². The number of aromatic nitrogens is 1. The first-order chi connectivity index (χ1) is 11.2. The molecule has 0 aliphatic heterocycles. The molecule has 0 bridgehead atoms. The van der Waals surface area contributed by atoms with Crippen LogP contribution in [0.15, 0.2) is 53.8 Å². The molecule has 0 aliphatic rings. The third-order valence-electron chi connectivity index (χ3n) is 3.31. The summed E-state index contributed by atoms with van der Waals surface area (Å²) in [6.45, 7) is 2.15. The molecule has 0 saturated carbocycles. The van der Waals surface area contributed by atoms with E-state index in [1.807, 2.05) is 25.2 Å². The second-order valence-electron chi connectivity index (χ2n) is 5.20. The van der Waals surface area contributed by atoms with E-state index in [2.05, 4.69) is 32.5 Å². The maximum absolute atomic E-state index is 12.0. The van der Waals surface area contributed by atoms with Crippen molar-refractivity contribution in [1.82, 2.24) is 15.2 Å². The van der Waals surface area contributed by atoms with Crippen molar-refractivity contribution in [2.45, 2.75) is 6.54 Å². The second kappa shape index (κ2) is 8.65. The average molecular weight is 312 g/mol. The number of likely N-dealkylation sites (N-methyl/N-ethyl adjacent to an activating group) is 1. The first-order valence-corrected chi connectivity index (χ1v) is 7.33. The van der Waals surface area contributed by atoms with Gasteiger partial charge in [-0.05, 0) is 24.7 Å². The number of carbonyl (C=O) groups excluding carboxylic acids is 1. The Bertz CT molecular complexity index is 641. The number of benzene rings is 1. The lowest BCUT2D eigenvalue weighted by Crippen LogP contribution is -2.32. The summed E-state index contributed by atoms with van der Waals surface area (Å²) < 4.78 is 0. The number of hydrogen-bond donors (Lipinski definition) is 2. The van der Waals surface area contributed by atoms with Gasteiger partial charge in [-0.25, -0.2) is 0 Å². The van der Waals surface area contributed by atoms with Crippen LogP contribution in [0.4, 0.5) is 0 Å². The molecule has 0 aliphatic carbocycles. The monoisotopic (exact) mass is 312 g/mol. The van der Waals surface area contributed by atoms with E-state index < -0.39 is 0 Å². The molecule has 0 radical (unpaired) electrons. The van der Waals surface area contributed by atoms with Gasteiger partial charge in [0.25, 0.3) is 5.91 Å². The van der Waals surface area contributed by atoms with Crippen LogP contribution in [0.5, 0.6) is 0 Å². The van der Waals surface area contributed by atoms with Crippen molar-refractivity contribution in [3.8, 4) is 0 Å². The van der Waals surface area contributed by atoms with Crippen molar-refractivity contribution in [3.05, 3.63) is 65.5 Å². The summed E-state index contributed by atoms with van der Waals surface area (Å²) in [6.07, 6.45) is 2.67. The first-order valence-electron chi connectivity index (χ1n) is 7.33. The van der Waals surface area contributed by atoms with Crippen LogP contribution in [-0.4, -0.2) is 47.4 Å². The van der Waals surface area contributed by atoms with Crippen molar-refractivity contribution in [2.24, 2.45) is 5.16 Å². The van der Waals surface area contributed by atoms with E-state index in [1.165, 1.54) is 18.0 Å². The lowest BCUT2D eigenvalue weighted by molar-refractivity contribution is 0.0949. The molecule has 1 aromatic heterocycles. The molecule has 1 aromatic carbocycles. The number of rotatable bonds is 7. The highest BCUT2D eigenvalue weighted by Crippen LogP contribution is 2.02. The largest absolute Gasteiger partial charge is 0.411 e. The average Bonchev–Trinajstić information content (AvgIpc) is 2.56. The van der Waals surface area contributed by atoms with Gasteiger partial charge in [0.15, 0.2) is 0 Å². The van der Waals surface area contributed by atoms with Crippen LogP contribution in [0.2, 0.25) is 0 Å². The molecule has 2 rings (SSSR count). The lowest BCUT2D eigenvalue weighted by atomic mass is 10.2. The summed E-state index contributed by atoms with van der Waals surface area (Å²) >= 11 is 0. The number of nitrogens with zero attached hydrogens (tertiary/aromatic N) is 3. The van der Waals surface area contributed by atoms with Crippen LogP contribution >= 0.6 is 0 Å². The highest BCUT2D eigenvalue weighted by Gasteiger charge is 2.06. The van der Waals surface area contributed by atoms with Gasteiger partial charge in [-0.15, -0.1) is 0 Å². The van der Waals surface area contributed by atoms with E-state index in [9.17, 15) is 4.79 Å². The van der Waals surface area contributed by atoms with Gasteiger partial charge in [0, 0.05) is 25.8 Å². The third kappa shape index (κ3) is 5.52. The van der Waals surface area contributed by atoms with E-state index in [4.69, 9.17) is 5.21 Å². The minimum absolute atomic E-state index is 0.168. The fraction of sp³-hybridized carbons (Fsp3) is 0.235. The Balaban J connectivity index is 1.75. The second-order valence-corrected chi connectivity index (χ2v) is 5.20. The summed E-state index contributed by atoms with van der Waals surface area (Å²) in [5, 5.41) is 14.2. The standard InChI is InChI=1S/C17H20N4O2/c1-21(13-14-5-3-2-4-6-14)10-9-18-17(22)15-7-8-16(12-20-23)19-11-15/h2-8,11-12,23H,9-10,13H2,1H3,(H,18,22)/b20-12-. The lowest BCUT2D eigenvalue weighted by Gasteiger charge is -2.17. The SMILES string of the molecule is CN(CCNC(=O)c1ccc(/C=N\O)nc1)Cc1ccccc1. The number of hydrogen-bond acceptors (Lipinski definition) is 5. The molecular formula is C17H20N4O2. The van der Waals surface area contributed by atoms with E-state index in [1.54, 1.807) is 12.1 Å². The quantitative estimate of drug-likeness (QED) is 0.464. The van der Waals surface area contributed by atoms with Crippen LogP contribution in [0, 0.1) is 0 Å². The Labute approximate surface area is 135 Å². The number of amides is 1. The summed E-state index contributed by atoms with van der Waals surface area (Å²) in [5.41, 5.74) is 2.21. The molecule has 0 saturated heterocycles. The normalized spacial score (nSPS) is 11.0. The molecule has 120 valence electrons. The van der Waals surface area contributed by atoms with Gasteiger partial charge in [-0.3, -0.25) is 9.78 Å². The van der Waals surface area contributed by atoms with Gasteiger partial charge >= 0.3 is 0 Å². The maximum atomic E-state index is 12.0. The van der Waals surface area contributed by atoms with Crippen molar-refractivity contribution in [2.75, 3.05) is 20.1 Å². The maximum Gasteiger partial charge on any atom is 0.252 e. The topological polar surface area (TPSA) is 77.8 Å². The molecule has 1 heterocycles. The summed E-state index contributed by atoms with van der Waals surface area (Å²) in [5.74, 6) is -0.168. The fourth-order valence-electron chi connectivity index (χ4n) is 2.11. The summed E-state index contributed by atoms with van der Waals surface area (Å²) in [7, 11) is 2.02. The summed E-state index contributed by atoms with van der Waals surface area (Å²) in [4.78, 5) is 18.2. The number of nitrogens with one attached hydrogen (secondary N) is 1. The Kier molecular flexibility index (Phi) is 6.26. The molecule has 23 heavy (non-hydrogen) atoms. The highest BCUT2D eigenvalue weighted by molar-refractivity contribution is 5.94. The molecule has 6 nitrogen and oxygen atoms in total. The molecule has 0 atom stereocenters. The smallest absolute Gasteiger partial charge is 0.252 e. The molecule has 0 unspecified atom stereocenters. The van der Waals surface area contributed by atoms with Gasteiger partial charge in [0.05, 0.1) is 17.5 Å². The van der Waals surface area contributed by atoms with E-state index in [0.717, 1.165) is 13.1 Å². The minimum Gasteiger partial charge on any atom is -0.411 e. The zero-order valence-corrected chi connectivity index (χ0v) is 13.0. The van der Waals surface area contributed by atoms with Gasteiger partial charge in [0.1, 0.15) is 0 Å². The minimum atomic E-state index is -0.168. The van der Waals surface area contributed by atoms with E-state index in [0.29, 0.717) is 17.8 Å². The van der Waals surface area contributed by atoms with Gasteiger partial charge < -0.3 is 15.4 Å². The van der Waals surface area contributed by atoms with Gasteiger partial charge in [0.2, 0.25) is 0 Å². The van der Waals surface area contributed by atoms with Crippen molar-refractivity contribution >= 4 is 12.1 Å². The number of carbonyl (C=O) groups is 1. The van der Waals surface area contributed by atoms with E-state index >= 15 is 0 Å². The Hall–Kier alpha value is -2.73. The van der Waals surface area contributed by atoms with E-state index in [-0.39, 0.29) is 5.91 Å². The molecular weight excluding hydrogens is 292 g/mol. The van der Waals surface area contributed by atoms with Crippen molar-refractivity contribution in [1.29, 1.82) is 0 Å². The van der Waals surface area contributed by atoms with Crippen LogP contribution in [0.1, 0.15) is 21.6 Å². The molecule has 2 N–H and O–H groups in total. The van der Waals surface area contributed by atoms with Crippen LogP contribution in [-0.2, 0) is 6.54 Å². The van der Waals surface area contributed by atoms with Gasteiger partial charge in [-0.2, -0.15) is 0 Å². The molecule has 6 heteroatoms. The summed E-state index contributed by atoms with van der Waals surface area (Å²) in [6, 6.07) is 13.5. The number of oxime groups is 1. The molecule has 1 amide bonds. The van der Waals surface area contributed by atoms with Crippen molar-refractivity contribution < 1.29 is 10.0 Å². The Morgan fingerprint density at radius 1 is 1.30 bits per heavy atom. The predicted molar refractivity (Wildman–Crippen MR) is 88.7 cm³/mol. The number of pyridine rings is 1. The highest BCUT2D eigenvalue weighted by atomic mass is 16.4. The zero-order valence-electron chi connectivity index (χ0n) is 13.0. The first kappa shape index (κ1) is 16.6. The zero-order chi connectivity index (χ0) is 16.5. The fourth-order valence-corrected chi connectivity index (χ4v) is 2.11. The van der Waals surface area contributed by atoms with Crippen LogP contribution < -0.4 is 5.32 Å².